The highest BCUT2D eigenvalue weighted by Crippen LogP contribution is 2.47. The van der Waals surface area contributed by atoms with Crippen LogP contribution in [0.1, 0.15) is 74.1 Å². The second kappa shape index (κ2) is 5.85. The lowest BCUT2D eigenvalue weighted by Crippen LogP contribution is -2.46. The highest BCUT2D eigenvalue weighted by molar-refractivity contribution is 4.95. The Morgan fingerprint density at radius 3 is 2.14 bits per heavy atom. The quantitative estimate of drug-likeness (QED) is 0.835. The first-order valence-corrected chi connectivity index (χ1v) is 8.95. The summed E-state index contributed by atoms with van der Waals surface area (Å²) in [4.78, 5) is 2.80. The lowest BCUT2D eigenvalue weighted by atomic mass is 9.63. The molecule has 1 saturated carbocycles. The van der Waals surface area contributed by atoms with Gasteiger partial charge in [0.15, 0.2) is 0 Å². The average molecular weight is 295 g/mol. The van der Waals surface area contributed by atoms with Gasteiger partial charge in [-0.3, -0.25) is 0 Å². The van der Waals surface area contributed by atoms with Crippen molar-refractivity contribution in [1.29, 1.82) is 0 Å². The van der Waals surface area contributed by atoms with Crippen LogP contribution in [0.4, 0.5) is 0 Å². The smallest absolute Gasteiger partial charge is 0.0106 e. The van der Waals surface area contributed by atoms with Gasteiger partial charge in [-0.25, -0.2) is 0 Å². The van der Waals surface area contributed by atoms with Gasteiger partial charge in [0.05, 0.1) is 0 Å². The van der Waals surface area contributed by atoms with Crippen LogP contribution in [0.3, 0.4) is 0 Å². The van der Waals surface area contributed by atoms with Crippen LogP contribution in [-0.4, -0.2) is 36.1 Å². The molecule has 1 heterocycles. The Hall–Kier alpha value is -0.0800. The topological polar surface area (TPSA) is 15.3 Å². The van der Waals surface area contributed by atoms with Gasteiger partial charge in [-0.2, -0.15) is 0 Å². The zero-order valence-corrected chi connectivity index (χ0v) is 15.6. The van der Waals surface area contributed by atoms with Crippen molar-refractivity contribution in [2.45, 2.75) is 85.7 Å². The van der Waals surface area contributed by atoms with Crippen molar-refractivity contribution < 1.29 is 0 Å². The maximum Gasteiger partial charge on any atom is 0.0106 e. The summed E-state index contributed by atoms with van der Waals surface area (Å²) in [6, 6.07) is 0.809. The Balaban J connectivity index is 1.89. The molecule has 2 nitrogen and oxygen atoms in total. The third kappa shape index (κ3) is 5.25. The predicted octanol–water partition coefficient (Wildman–Crippen LogP) is 4.30. The summed E-state index contributed by atoms with van der Waals surface area (Å²) in [5.74, 6) is 0.845. The molecule has 1 aliphatic carbocycles. The molecular formula is C19H38N2. The van der Waals surface area contributed by atoms with Crippen LogP contribution >= 0.6 is 0 Å². The van der Waals surface area contributed by atoms with Gasteiger partial charge in [-0.1, -0.05) is 27.7 Å². The molecule has 1 atom stereocenters. The molecule has 2 aliphatic rings. The van der Waals surface area contributed by atoms with Gasteiger partial charge in [0.25, 0.3) is 0 Å². The Kier molecular flexibility index (Phi) is 4.81. The van der Waals surface area contributed by atoms with E-state index in [2.05, 4.69) is 58.7 Å². The van der Waals surface area contributed by atoms with E-state index < -0.39 is 0 Å². The minimum atomic E-state index is 0.252. The van der Waals surface area contributed by atoms with Crippen molar-refractivity contribution >= 4 is 0 Å². The third-order valence-corrected chi connectivity index (χ3v) is 5.29. The van der Waals surface area contributed by atoms with E-state index in [1.54, 1.807) is 0 Å². The average Bonchev–Trinajstić information content (AvgIpc) is 2.69. The van der Waals surface area contributed by atoms with Crippen LogP contribution in [0.15, 0.2) is 0 Å². The van der Waals surface area contributed by atoms with E-state index in [1.165, 1.54) is 45.3 Å². The molecule has 1 saturated heterocycles. The first kappa shape index (κ1) is 17.3. The van der Waals surface area contributed by atoms with Crippen molar-refractivity contribution in [3.05, 3.63) is 0 Å². The highest BCUT2D eigenvalue weighted by Gasteiger charge is 2.41. The fourth-order valence-electron chi connectivity index (χ4n) is 4.86. The van der Waals surface area contributed by atoms with E-state index in [0.29, 0.717) is 10.8 Å². The summed E-state index contributed by atoms with van der Waals surface area (Å²) in [5.41, 5.74) is 1.27. The first-order valence-electron chi connectivity index (χ1n) is 8.95. The lowest BCUT2D eigenvalue weighted by Gasteiger charge is -2.48. The second-order valence-electron chi connectivity index (χ2n) is 10.3. The maximum absolute atomic E-state index is 3.69. The molecule has 2 rings (SSSR count). The fourth-order valence-corrected chi connectivity index (χ4v) is 4.86. The zero-order chi connectivity index (χ0) is 15.9. The van der Waals surface area contributed by atoms with Gasteiger partial charge in [0, 0.05) is 18.1 Å². The van der Waals surface area contributed by atoms with Crippen LogP contribution in [0.2, 0.25) is 0 Å². The van der Waals surface area contributed by atoms with Gasteiger partial charge < -0.3 is 10.2 Å². The molecule has 0 radical (unpaired) electrons. The second-order valence-corrected chi connectivity index (χ2v) is 10.3. The number of nitrogens with zero attached hydrogens (tertiary/aromatic N) is 1. The monoisotopic (exact) mass is 294 g/mol. The third-order valence-electron chi connectivity index (χ3n) is 5.29. The minimum absolute atomic E-state index is 0.252. The van der Waals surface area contributed by atoms with Crippen molar-refractivity contribution in [2.75, 3.05) is 19.6 Å². The molecule has 0 spiro atoms. The van der Waals surface area contributed by atoms with E-state index in [0.717, 1.165) is 12.0 Å². The van der Waals surface area contributed by atoms with Crippen LogP contribution < -0.4 is 5.32 Å². The summed E-state index contributed by atoms with van der Waals surface area (Å²) in [7, 11) is 0. The zero-order valence-electron chi connectivity index (χ0n) is 15.6. The normalized spacial score (nSPS) is 30.7. The van der Waals surface area contributed by atoms with E-state index in [9.17, 15) is 0 Å². The van der Waals surface area contributed by atoms with Gasteiger partial charge in [-0.05, 0) is 76.3 Å². The standard InChI is InChI=1S/C19H38N2/c1-17(2,3)20-12-15-8-9-21(13-15)16-10-18(4,5)14-19(6,7)11-16/h15-16,20H,8-14H2,1-7H3. The number of hydrogen-bond acceptors (Lipinski definition) is 2. The number of hydrogen-bond donors (Lipinski definition) is 1. The van der Waals surface area contributed by atoms with Crippen LogP contribution in [0.5, 0.6) is 0 Å². The first-order chi connectivity index (χ1) is 9.46. The minimum Gasteiger partial charge on any atom is -0.312 e. The number of nitrogens with one attached hydrogen (secondary N) is 1. The maximum atomic E-state index is 3.69. The molecule has 21 heavy (non-hydrogen) atoms. The van der Waals surface area contributed by atoms with Crippen LogP contribution in [0.25, 0.3) is 0 Å². The van der Waals surface area contributed by atoms with Gasteiger partial charge in [-0.15, -0.1) is 0 Å². The summed E-state index contributed by atoms with van der Waals surface area (Å²) in [6.07, 6.45) is 5.52. The van der Waals surface area contributed by atoms with Gasteiger partial charge in [0.1, 0.15) is 0 Å². The molecule has 124 valence electrons. The van der Waals surface area contributed by atoms with Crippen molar-refractivity contribution in [3.8, 4) is 0 Å². The SMILES string of the molecule is CC1(C)CC(N2CCC(CNC(C)(C)C)C2)CC(C)(C)C1. The largest absolute Gasteiger partial charge is 0.312 e. The van der Waals surface area contributed by atoms with Crippen molar-refractivity contribution in [2.24, 2.45) is 16.7 Å². The van der Waals surface area contributed by atoms with Gasteiger partial charge >= 0.3 is 0 Å². The lowest BCUT2D eigenvalue weighted by molar-refractivity contribution is 0.0330. The molecule has 0 aromatic heterocycles. The molecule has 2 heteroatoms. The fraction of sp³-hybridized carbons (Fsp3) is 1.00. The van der Waals surface area contributed by atoms with Crippen molar-refractivity contribution in [3.63, 3.8) is 0 Å². The van der Waals surface area contributed by atoms with Crippen molar-refractivity contribution in [1.82, 2.24) is 10.2 Å². The molecule has 2 fully saturated rings. The molecule has 1 aliphatic heterocycles. The van der Waals surface area contributed by atoms with Gasteiger partial charge in [0.2, 0.25) is 0 Å². The van der Waals surface area contributed by atoms with E-state index >= 15 is 0 Å². The molecule has 1 N–H and O–H groups in total. The summed E-state index contributed by atoms with van der Waals surface area (Å²) >= 11 is 0. The highest BCUT2D eigenvalue weighted by atomic mass is 15.2. The number of likely N-dealkylation sites (tertiary alicyclic amines) is 1. The van der Waals surface area contributed by atoms with Crippen LogP contribution in [0, 0.1) is 16.7 Å². The Labute approximate surface area is 133 Å². The predicted molar refractivity (Wildman–Crippen MR) is 92.6 cm³/mol. The molecule has 0 aromatic carbocycles. The molecule has 0 amide bonds. The van der Waals surface area contributed by atoms with E-state index in [1.807, 2.05) is 0 Å². The molecule has 1 unspecified atom stereocenters. The Bertz CT molecular complexity index is 335. The summed E-state index contributed by atoms with van der Waals surface area (Å²) in [6.45, 7) is 20.5. The summed E-state index contributed by atoms with van der Waals surface area (Å²) < 4.78 is 0. The Morgan fingerprint density at radius 1 is 1.05 bits per heavy atom. The number of rotatable bonds is 3. The summed E-state index contributed by atoms with van der Waals surface area (Å²) in [5, 5.41) is 3.69. The Morgan fingerprint density at radius 2 is 1.62 bits per heavy atom. The molecular weight excluding hydrogens is 256 g/mol. The van der Waals surface area contributed by atoms with Crippen LogP contribution in [-0.2, 0) is 0 Å². The van der Waals surface area contributed by atoms with E-state index in [-0.39, 0.29) is 5.54 Å². The van der Waals surface area contributed by atoms with E-state index in [4.69, 9.17) is 0 Å². The molecule has 0 bridgehead atoms. The molecule has 0 aromatic rings.